The monoisotopic (exact) mass is 299 g/mol. The van der Waals surface area contributed by atoms with Crippen LogP contribution in [0.1, 0.15) is 19.8 Å². The highest BCUT2D eigenvalue weighted by Crippen LogP contribution is 2.20. The zero-order chi connectivity index (χ0) is 14.4. The maximum Gasteiger partial charge on any atom is 0.120 e. The van der Waals surface area contributed by atoms with Crippen molar-refractivity contribution in [2.75, 3.05) is 26.4 Å². The molecule has 20 heavy (non-hydrogen) atoms. The molecule has 1 atom stereocenters. The molecule has 1 aliphatic rings. The van der Waals surface area contributed by atoms with Crippen LogP contribution in [-0.4, -0.2) is 43.1 Å². The molecular formula is C15H22ClNO3. The van der Waals surface area contributed by atoms with Crippen LogP contribution in [0.3, 0.4) is 0 Å². The average molecular weight is 300 g/mol. The molecule has 0 spiro atoms. The van der Waals surface area contributed by atoms with E-state index in [1.54, 1.807) is 12.1 Å². The van der Waals surface area contributed by atoms with E-state index in [1.165, 1.54) is 0 Å². The van der Waals surface area contributed by atoms with Gasteiger partial charge in [0.05, 0.1) is 0 Å². The van der Waals surface area contributed by atoms with Crippen LogP contribution < -0.4 is 10.1 Å². The summed E-state index contributed by atoms with van der Waals surface area (Å²) in [6, 6.07) is 7.18. The topological polar surface area (TPSA) is 50.7 Å². The summed E-state index contributed by atoms with van der Waals surface area (Å²) in [5.74, 6) is 0.675. The molecule has 0 bridgehead atoms. The third-order valence-corrected chi connectivity index (χ3v) is 3.83. The summed E-state index contributed by atoms with van der Waals surface area (Å²) < 4.78 is 10.9. The molecular weight excluding hydrogens is 278 g/mol. The summed E-state index contributed by atoms with van der Waals surface area (Å²) in [5.41, 5.74) is 0.0509. The lowest BCUT2D eigenvalue weighted by atomic mass is 9.92. The van der Waals surface area contributed by atoms with Gasteiger partial charge in [0.25, 0.3) is 0 Å². The number of β-amino-alcohol motifs (C(OH)–C–C–N with tert-alkyl or cyclic N) is 1. The van der Waals surface area contributed by atoms with E-state index < -0.39 is 6.10 Å². The predicted octanol–water partition coefficient (Wildman–Crippen LogP) is 2.24. The van der Waals surface area contributed by atoms with Crippen molar-refractivity contribution in [3.8, 4) is 5.75 Å². The van der Waals surface area contributed by atoms with Gasteiger partial charge in [-0.3, -0.25) is 0 Å². The van der Waals surface area contributed by atoms with E-state index in [4.69, 9.17) is 21.1 Å². The van der Waals surface area contributed by atoms with Crippen molar-refractivity contribution in [1.82, 2.24) is 5.32 Å². The Morgan fingerprint density at radius 3 is 2.90 bits per heavy atom. The minimum absolute atomic E-state index is 0.0509. The first kappa shape index (κ1) is 15.6. The number of benzene rings is 1. The fraction of sp³-hybridized carbons (Fsp3) is 0.600. The van der Waals surface area contributed by atoms with Crippen LogP contribution in [0.15, 0.2) is 24.3 Å². The normalized spacial score (nSPS) is 19.6. The van der Waals surface area contributed by atoms with Crippen LogP contribution in [0.2, 0.25) is 5.02 Å². The van der Waals surface area contributed by atoms with Crippen molar-refractivity contribution in [1.29, 1.82) is 0 Å². The molecule has 0 aliphatic carbocycles. The molecule has 2 N–H and O–H groups in total. The van der Waals surface area contributed by atoms with Gasteiger partial charge in [-0.25, -0.2) is 0 Å². The second-order valence-electron chi connectivity index (χ2n) is 5.48. The number of rotatable bonds is 6. The minimum atomic E-state index is -0.548. The van der Waals surface area contributed by atoms with E-state index in [1.807, 2.05) is 12.1 Å². The van der Waals surface area contributed by atoms with E-state index in [0.717, 1.165) is 26.1 Å². The van der Waals surface area contributed by atoms with Crippen LogP contribution in [0.5, 0.6) is 5.75 Å². The third-order valence-electron chi connectivity index (χ3n) is 3.60. The molecule has 2 rings (SSSR count). The average Bonchev–Trinajstić information content (AvgIpc) is 2.44. The number of hydrogen-bond acceptors (Lipinski definition) is 4. The lowest BCUT2D eigenvalue weighted by Crippen LogP contribution is -2.50. The zero-order valence-electron chi connectivity index (χ0n) is 11.8. The molecule has 5 heteroatoms. The molecule has 4 nitrogen and oxygen atoms in total. The lowest BCUT2D eigenvalue weighted by molar-refractivity contribution is 0.0342. The van der Waals surface area contributed by atoms with Gasteiger partial charge in [-0.2, -0.15) is 0 Å². The van der Waals surface area contributed by atoms with Gasteiger partial charge in [-0.1, -0.05) is 17.7 Å². The largest absolute Gasteiger partial charge is 0.491 e. The Morgan fingerprint density at radius 1 is 1.45 bits per heavy atom. The summed E-state index contributed by atoms with van der Waals surface area (Å²) in [4.78, 5) is 0. The molecule has 1 aromatic rings. The van der Waals surface area contributed by atoms with Crippen molar-refractivity contribution in [3.63, 3.8) is 0 Å². The Morgan fingerprint density at radius 2 is 2.20 bits per heavy atom. The van der Waals surface area contributed by atoms with E-state index in [9.17, 15) is 5.11 Å². The van der Waals surface area contributed by atoms with Gasteiger partial charge in [-0.05, 0) is 38.0 Å². The number of hydrogen-bond donors (Lipinski definition) is 2. The molecule has 1 saturated heterocycles. The van der Waals surface area contributed by atoms with Crippen molar-refractivity contribution < 1.29 is 14.6 Å². The first-order valence-electron chi connectivity index (χ1n) is 6.97. The van der Waals surface area contributed by atoms with Crippen molar-refractivity contribution in [2.45, 2.75) is 31.4 Å². The summed E-state index contributed by atoms with van der Waals surface area (Å²) in [5, 5.41) is 14.0. The Balaban J connectivity index is 1.71. The van der Waals surface area contributed by atoms with Crippen molar-refractivity contribution >= 4 is 11.6 Å². The quantitative estimate of drug-likeness (QED) is 0.846. The third kappa shape index (κ3) is 4.94. The summed E-state index contributed by atoms with van der Waals surface area (Å²) in [7, 11) is 0. The first-order chi connectivity index (χ1) is 9.57. The van der Waals surface area contributed by atoms with Crippen LogP contribution in [0, 0.1) is 0 Å². The van der Waals surface area contributed by atoms with Gasteiger partial charge >= 0.3 is 0 Å². The van der Waals surface area contributed by atoms with E-state index in [-0.39, 0.29) is 12.1 Å². The molecule has 0 saturated carbocycles. The second-order valence-corrected chi connectivity index (χ2v) is 5.91. The fourth-order valence-electron chi connectivity index (χ4n) is 2.17. The number of ether oxygens (including phenoxy) is 2. The molecule has 0 amide bonds. The first-order valence-corrected chi connectivity index (χ1v) is 7.34. The molecule has 0 radical (unpaired) electrons. The van der Waals surface area contributed by atoms with Gasteiger partial charge in [-0.15, -0.1) is 0 Å². The van der Waals surface area contributed by atoms with Crippen molar-refractivity contribution in [3.05, 3.63) is 29.3 Å². The highest BCUT2D eigenvalue weighted by molar-refractivity contribution is 6.30. The maximum atomic E-state index is 9.97. The Kier molecular flexibility index (Phi) is 5.66. The fourth-order valence-corrected chi connectivity index (χ4v) is 2.35. The van der Waals surface area contributed by atoms with Gasteiger partial charge in [0, 0.05) is 30.3 Å². The standard InChI is InChI=1S/C15H22ClNO3/c1-15(5-7-19-8-6-15)17-10-13(18)11-20-14-4-2-3-12(16)9-14/h2-4,9,13,17-18H,5-8,10-11H2,1H3. The summed E-state index contributed by atoms with van der Waals surface area (Å²) in [6.07, 6.45) is 1.39. The van der Waals surface area contributed by atoms with E-state index in [0.29, 0.717) is 17.3 Å². The maximum absolute atomic E-state index is 9.97. The summed E-state index contributed by atoms with van der Waals surface area (Å²) in [6.45, 7) is 4.48. The number of aliphatic hydroxyl groups is 1. The molecule has 1 heterocycles. The SMILES string of the molecule is CC1(NCC(O)COc2cccc(Cl)c2)CCOCC1. The van der Waals surface area contributed by atoms with Gasteiger partial charge < -0.3 is 19.9 Å². The molecule has 112 valence electrons. The lowest BCUT2D eigenvalue weighted by Gasteiger charge is -2.35. The van der Waals surface area contributed by atoms with Gasteiger partial charge in [0.2, 0.25) is 0 Å². The smallest absolute Gasteiger partial charge is 0.120 e. The Labute approximate surface area is 125 Å². The van der Waals surface area contributed by atoms with Crippen molar-refractivity contribution in [2.24, 2.45) is 0 Å². The van der Waals surface area contributed by atoms with Crippen LogP contribution in [0.4, 0.5) is 0 Å². The number of halogens is 1. The Hall–Kier alpha value is -0.810. The number of nitrogens with one attached hydrogen (secondary N) is 1. The zero-order valence-corrected chi connectivity index (χ0v) is 12.5. The van der Waals surface area contributed by atoms with Crippen LogP contribution in [-0.2, 0) is 4.74 Å². The van der Waals surface area contributed by atoms with E-state index in [2.05, 4.69) is 12.2 Å². The van der Waals surface area contributed by atoms with Crippen LogP contribution in [0.25, 0.3) is 0 Å². The Bertz CT molecular complexity index is 421. The highest BCUT2D eigenvalue weighted by Gasteiger charge is 2.27. The molecule has 0 aromatic heterocycles. The number of aliphatic hydroxyl groups excluding tert-OH is 1. The minimum Gasteiger partial charge on any atom is -0.491 e. The van der Waals surface area contributed by atoms with Gasteiger partial charge in [0.1, 0.15) is 18.5 Å². The molecule has 1 aliphatic heterocycles. The van der Waals surface area contributed by atoms with Gasteiger partial charge in [0.15, 0.2) is 0 Å². The van der Waals surface area contributed by atoms with Crippen LogP contribution >= 0.6 is 11.6 Å². The second kappa shape index (κ2) is 7.27. The highest BCUT2D eigenvalue weighted by atomic mass is 35.5. The molecule has 1 unspecified atom stereocenters. The molecule has 1 fully saturated rings. The molecule has 1 aromatic carbocycles. The van der Waals surface area contributed by atoms with E-state index >= 15 is 0 Å². The summed E-state index contributed by atoms with van der Waals surface area (Å²) >= 11 is 5.87. The predicted molar refractivity (Wildman–Crippen MR) is 79.4 cm³/mol.